The van der Waals surface area contributed by atoms with E-state index in [1.807, 2.05) is 0 Å². The summed E-state index contributed by atoms with van der Waals surface area (Å²) in [6.07, 6.45) is 0.641. The number of thiophene rings is 1. The Balaban J connectivity index is 0.00000196. The highest BCUT2D eigenvalue weighted by molar-refractivity contribution is 9.10. The number of hydrogen-bond donors (Lipinski definition) is 2. The van der Waals surface area contributed by atoms with E-state index in [1.165, 1.54) is 11.3 Å². The summed E-state index contributed by atoms with van der Waals surface area (Å²) in [7, 11) is -3.35. The summed E-state index contributed by atoms with van der Waals surface area (Å²) in [6, 6.07) is 1.71. The van der Waals surface area contributed by atoms with Gasteiger partial charge in [-0.25, -0.2) is 13.1 Å². The second kappa shape index (κ2) is 6.82. The molecule has 8 heteroatoms. The molecule has 0 radical (unpaired) electrons. The summed E-state index contributed by atoms with van der Waals surface area (Å²) >= 11 is 4.36. The number of sulfonamides is 1. The van der Waals surface area contributed by atoms with E-state index in [2.05, 4.69) is 20.7 Å². The molecule has 3 N–H and O–H groups in total. The quantitative estimate of drug-likeness (QED) is 0.802. The Labute approximate surface area is 108 Å². The number of rotatable bonds is 5. The highest BCUT2D eigenvalue weighted by Gasteiger charge is 2.17. The molecular weight excluding hydrogens is 324 g/mol. The molecule has 0 saturated heterocycles. The van der Waals surface area contributed by atoms with E-state index in [-0.39, 0.29) is 12.4 Å². The SMILES string of the molecule is Cl.NCCCNS(=O)(=O)c1sccc1Br. The van der Waals surface area contributed by atoms with Crippen molar-refractivity contribution in [2.24, 2.45) is 5.73 Å². The van der Waals surface area contributed by atoms with Gasteiger partial charge in [0.15, 0.2) is 0 Å². The van der Waals surface area contributed by atoms with Gasteiger partial charge in [-0.05, 0) is 40.3 Å². The Morgan fingerprint density at radius 1 is 1.53 bits per heavy atom. The van der Waals surface area contributed by atoms with Crippen LogP contribution in [0.15, 0.2) is 20.1 Å². The minimum atomic E-state index is -3.35. The van der Waals surface area contributed by atoms with E-state index in [0.29, 0.717) is 28.2 Å². The Hall–Kier alpha value is 0.340. The Morgan fingerprint density at radius 3 is 2.67 bits per heavy atom. The lowest BCUT2D eigenvalue weighted by Gasteiger charge is -2.03. The summed E-state index contributed by atoms with van der Waals surface area (Å²) in [5.74, 6) is 0. The van der Waals surface area contributed by atoms with Crippen LogP contribution in [-0.2, 0) is 10.0 Å². The summed E-state index contributed by atoms with van der Waals surface area (Å²) in [5, 5.41) is 1.72. The predicted octanol–water partition coefficient (Wildman–Crippen LogP) is 1.56. The molecule has 0 amide bonds. The summed E-state index contributed by atoms with van der Waals surface area (Å²) in [4.78, 5) is 0. The molecule has 0 fully saturated rings. The first-order valence-electron chi connectivity index (χ1n) is 4.00. The van der Waals surface area contributed by atoms with Gasteiger partial charge < -0.3 is 5.73 Å². The normalized spacial score (nSPS) is 11.1. The maximum absolute atomic E-state index is 11.6. The van der Waals surface area contributed by atoms with Crippen LogP contribution >= 0.6 is 39.7 Å². The highest BCUT2D eigenvalue weighted by atomic mass is 79.9. The molecule has 0 aliphatic carbocycles. The predicted molar refractivity (Wildman–Crippen MR) is 68.1 cm³/mol. The third-order valence-electron chi connectivity index (χ3n) is 1.50. The lowest BCUT2D eigenvalue weighted by atomic mass is 10.4. The van der Waals surface area contributed by atoms with E-state index >= 15 is 0 Å². The minimum Gasteiger partial charge on any atom is -0.330 e. The largest absolute Gasteiger partial charge is 0.330 e. The highest BCUT2D eigenvalue weighted by Crippen LogP contribution is 2.27. The van der Waals surface area contributed by atoms with Crippen LogP contribution in [0.5, 0.6) is 0 Å². The van der Waals surface area contributed by atoms with E-state index in [0.717, 1.165) is 0 Å². The second-order valence-electron chi connectivity index (χ2n) is 2.60. The Morgan fingerprint density at radius 2 is 2.20 bits per heavy atom. The van der Waals surface area contributed by atoms with E-state index in [1.54, 1.807) is 11.4 Å². The minimum absolute atomic E-state index is 0. The number of nitrogens with two attached hydrogens (primary N) is 1. The first-order chi connectivity index (χ1) is 6.58. The fraction of sp³-hybridized carbons (Fsp3) is 0.429. The number of hydrogen-bond acceptors (Lipinski definition) is 4. The van der Waals surface area contributed by atoms with Crippen molar-refractivity contribution < 1.29 is 8.42 Å². The van der Waals surface area contributed by atoms with Crippen LogP contribution in [0.4, 0.5) is 0 Å². The van der Waals surface area contributed by atoms with E-state index < -0.39 is 10.0 Å². The van der Waals surface area contributed by atoms with Crippen LogP contribution in [0.3, 0.4) is 0 Å². The first kappa shape index (κ1) is 15.3. The van der Waals surface area contributed by atoms with Gasteiger partial charge in [0.25, 0.3) is 10.0 Å². The third-order valence-corrected chi connectivity index (χ3v) is 5.63. The fourth-order valence-electron chi connectivity index (χ4n) is 0.846. The molecule has 0 aliphatic heterocycles. The summed E-state index contributed by atoms with van der Waals surface area (Å²) in [5.41, 5.74) is 5.26. The van der Waals surface area contributed by atoms with Gasteiger partial charge in [-0.3, -0.25) is 0 Å². The van der Waals surface area contributed by atoms with Crippen molar-refractivity contribution in [1.29, 1.82) is 0 Å². The van der Waals surface area contributed by atoms with E-state index in [4.69, 9.17) is 5.73 Å². The molecule has 0 spiro atoms. The van der Waals surface area contributed by atoms with Gasteiger partial charge in [0.2, 0.25) is 0 Å². The zero-order valence-corrected chi connectivity index (χ0v) is 11.8. The van der Waals surface area contributed by atoms with Crippen molar-refractivity contribution in [3.05, 3.63) is 15.9 Å². The molecule has 1 aromatic heterocycles. The molecule has 0 aromatic carbocycles. The Bertz CT molecular complexity index is 393. The van der Waals surface area contributed by atoms with Crippen LogP contribution in [0.1, 0.15) is 6.42 Å². The maximum Gasteiger partial charge on any atom is 0.251 e. The van der Waals surface area contributed by atoms with Crippen molar-refractivity contribution in [2.75, 3.05) is 13.1 Å². The molecular formula is C7H12BrClN2O2S2. The molecule has 4 nitrogen and oxygen atoms in total. The number of halogens is 2. The van der Waals surface area contributed by atoms with Gasteiger partial charge in [0, 0.05) is 11.0 Å². The van der Waals surface area contributed by atoms with Crippen molar-refractivity contribution >= 4 is 49.7 Å². The average molecular weight is 336 g/mol. The van der Waals surface area contributed by atoms with Gasteiger partial charge in [-0.15, -0.1) is 23.7 Å². The lowest BCUT2D eigenvalue weighted by molar-refractivity contribution is 0.581. The van der Waals surface area contributed by atoms with Crippen molar-refractivity contribution in [2.45, 2.75) is 10.6 Å². The van der Waals surface area contributed by atoms with Crippen LogP contribution < -0.4 is 10.5 Å². The maximum atomic E-state index is 11.6. The van der Waals surface area contributed by atoms with Crippen LogP contribution in [0, 0.1) is 0 Å². The van der Waals surface area contributed by atoms with Crippen molar-refractivity contribution in [3.63, 3.8) is 0 Å². The molecule has 0 bridgehead atoms. The molecule has 15 heavy (non-hydrogen) atoms. The lowest BCUT2D eigenvalue weighted by Crippen LogP contribution is -2.25. The first-order valence-corrected chi connectivity index (χ1v) is 7.16. The molecule has 88 valence electrons. The third kappa shape index (κ3) is 4.38. The molecule has 1 aromatic rings. The van der Waals surface area contributed by atoms with Crippen LogP contribution in [-0.4, -0.2) is 21.5 Å². The molecule has 1 rings (SSSR count). The molecule has 1 heterocycles. The van der Waals surface area contributed by atoms with Gasteiger partial charge in [0.1, 0.15) is 4.21 Å². The zero-order valence-electron chi connectivity index (χ0n) is 7.77. The molecule has 0 saturated carbocycles. The van der Waals surface area contributed by atoms with E-state index in [9.17, 15) is 8.42 Å². The average Bonchev–Trinajstić information content (AvgIpc) is 2.52. The topological polar surface area (TPSA) is 72.2 Å². The van der Waals surface area contributed by atoms with Gasteiger partial charge in [-0.1, -0.05) is 0 Å². The van der Waals surface area contributed by atoms with Crippen molar-refractivity contribution in [3.8, 4) is 0 Å². The van der Waals surface area contributed by atoms with Crippen LogP contribution in [0.2, 0.25) is 0 Å². The second-order valence-corrected chi connectivity index (χ2v) is 6.33. The summed E-state index contributed by atoms with van der Waals surface area (Å²) in [6.45, 7) is 0.858. The smallest absolute Gasteiger partial charge is 0.251 e. The van der Waals surface area contributed by atoms with Gasteiger partial charge in [-0.2, -0.15) is 0 Å². The molecule has 0 aliphatic rings. The standard InChI is InChI=1S/C7H11BrN2O2S2.ClH/c8-6-2-5-13-7(6)14(11,12)10-4-1-3-9;/h2,5,10H,1,3-4,9H2;1H. The van der Waals surface area contributed by atoms with Crippen LogP contribution in [0.25, 0.3) is 0 Å². The molecule has 0 atom stereocenters. The van der Waals surface area contributed by atoms with Crippen molar-refractivity contribution in [1.82, 2.24) is 4.72 Å². The monoisotopic (exact) mass is 334 g/mol. The fourth-order valence-corrected chi connectivity index (χ4v) is 4.30. The van der Waals surface area contributed by atoms with Gasteiger partial charge in [0.05, 0.1) is 0 Å². The number of nitrogens with one attached hydrogen (secondary N) is 1. The molecule has 0 unspecified atom stereocenters. The zero-order chi connectivity index (χ0) is 10.6. The Kier molecular flexibility index (Phi) is 6.98. The van der Waals surface area contributed by atoms with Gasteiger partial charge >= 0.3 is 0 Å². The summed E-state index contributed by atoms with van der Waals surface area (Å²) < 4.78 is 26.6.